The van der Waals surface area contributed by atoms with Crippen LogP contribution in [-0.2, 0) is 10.5 Å². The highest BCUT2D eigenvalue weighted by Crippen LogP contribution is 2.21. The number of fused-ring (bicyclic) bond motifs is 1. The number of nitrogens with one attached hydrogen (secondary N) is 1. The molecule has 3 heterocycles. The molecule has 1 unspecified atom stereocenters. The Morgan fingerprint density at radius 3 is 2.93 bits per heavy atom. The van der Waals surface area contributed by atoms with E-state index in [1.807, 2.05) is 42.6 Å². The summed E-state index contributed by atoms with van der Waals surface area (Å²) in [6, 6.07) is 5.60. The standard InChI is InChI=1S/C18H23N5O2S2/c1-12-14(13(2)25-22-12)10-27-11-17(24)19-15(7-9-26-3)18-21-20-16-6-4-5-8-23(16)18/h4-6,8,15H,7,9-11H2,1-3H3,(H,19,24). The molecule has 0 saturated heterocycles. The predicted molar refractivity (Wildman–Crippen MR) is 109 cm³/mol. The van der Waals surface area contributed by atoms with Crippen LogP contribution in [0, 0.1) is 13.8 Å². The molecule has 144 valence electrons. The zero-order valence-corrected chi connectivity index (χ0v) is 17.3. The second-order valence-corrected chi connectivity index (χ2v) is 8.16. The molecule has 0 spiro atoms. The van der Waals surface area contributed by atoms with E-state index in [1.54, 1.807) is 23.5 Å². The largest absolute Gasteiger partial charge is 0.361 e. The van der Waals surface area contributed by atoms with Crippen molar-refractivity contribution in [1.29, 1.82) is 0 Å². The van der Waals surface area contributed by atoms with Crippen molar-refractivity contribution in [1.82, 2.24) is 25.1 Å². The first-order valence-corrected chi connectivity index (χ1v) is 11.2. The highest BCUT2D eigenvalue weighted by molar-refractivity contribution is 7.99. The number of aryl methyl sites for hydroxylation is 2. The smallest absolute Gasteiger partial charge is 0.230 e. The Labute approximate surface area is 166 Å². The number of carbonyl (C=O) groups excluding carboxylic acids is 1. The maximum Gasteiger partial charge on any atom is 0.230 e. The van der Waals surface area contributed by atoms with Crippen molar-refractivity contribution in [3.63, 3.8) is 0 Å². The maximum absolute atomic E-state index is 12.5. The Morgan fingerprint density at radius 2 is 2.19 bits per heavy atom. The number of hydrogen-bond donors (Lipinski definition) is 1. The molecule has 1 N–H and O–H groups in total. The molecule has 0 radical (unpaired) electrons. The van der Waals surface area contributed by atoms with E-state index in [0.29, 0.717) is 11.5 Å². The molecule has 0 fully saturated rings. The normalized spacial score (nSPS) is 12.4. The fourth-order valence-electron chi connectivity index (χ4n) is 2.79. The van der Waals surface area contributed by atoms with Crippen LogP contribution >= 0.6 is 23.5 Å². The lowest BCUT2D eigenvalue weighted by Crippen LogP contribution is -2.31. The number of carbonyl (C=O) groups is 1. The number of nitrogens with zero attached hydrogens (tertiary/aromatic N) is 4. The Morgan fingerprint density at radius 1 is 1.33 bits per heavy atom. The molecule has 0 saturated carbocycles. The van der Waals surface area contributed by atoms with Crippen LogP contribution in [0.5, 0.6) is 0 Å². The van der Waals surface area contributed by atoms with Gasteiger partial charge >= 0.3 is 0 Å². The summed E-state index contributed by atoms with van der Waals surface area (Å²) in [5.41, 5.74) is 2.73. The van der Waals surface area contributed by atoms with Crippen molar-refractivity contribution in [2.24, 2.45) is 0 Å². The zero-order valence-electron chi connectivity index (χ0n) is 15.6. The Kier molecular flexibility index (Phi) is 6.78. The van der Waals surface area contributed by atoms with Gasteiger partial charge < -0.3 is 9.84 Å². The number of rotatable bonds is 9. The summed E-state index contributed by atoms with van der Waals surface area (Å²) in [5, 5.41) is 15.6. The molecule has 0 bridgehead atoms. The summed E-state index contributed by atoms with van der Waals surface area (Å²) in [5.74, 6) is 3.58. The Bertz CT molecular complexity index is 889. The molecule has 3 rings (SSSR count). The molecule has 9 heteroatoms. The SMILES string of the molecule is CSCCC(NC(=O)CSCc1c(C)noc1C)c1nnc2ccccn12. The minimum Gasteiger partial charge on any atom is -0.361 e. The van der Waals surface area contributed by atoms with Crippen LogP contribution < -0.4 is 5.32 Å². The summed E-state index contributed by atoms with van der Waals surface area (Å²) in [4.78, 5) is 12.5. The third kappa shape index (κ3) is 4.84. The molecule has 0 aromatic carbocycles. The van der Waals surface area contributed by atoms with Gasteiger partial charge in [-0.3, -0.25) is 9.20 Å². The van der Waals surface area contributed by atoms with E-state index >= 15 is 0 Å². The molecule has 0 aliphatic carbocycles. The first-order valence-electron chi connectivity index (χ1n) is 8.67. The summed E-state index contributed by atoms with van der Waals surface area (Å²) in [7, 11) is 0. The van der Waals surface area contributed by atoms with Gasteiger partial charge in [-0.2, -0.15) is 11.8 Å². The first-order chi connectivity index (χ1) is 13.1. The lowest BCUT2D eigenvalue weighted by molar-refractivity contribution is -0.119. The van der Waals surface area contributed by atoms with E-state index in [9.17, 15) is 4.79 Å². The molecule has 1 amide bonds. The van der Waals surface area contributed by atoms with E-state index < -0.39 is 0 Å². The van der Waals surface area contributed by atoms with Crippen LogP contribution in [0.25, 0.3) is 5.65 Å². The second kappa shape index (κ2) is 9.27. The van der Waals surface area contributed by atoms with Crippen LogP contribution in [0.2, 0.25) is 0 Å². The van der Waals surface area contributed by atoms with Gasteiger partial charge in [0.25, 0.3) is 0 Å². The predicted octanol–water partition coefficient (Wildman–Crippen LogP) is 3.18. The zero-order chi connectivity index (χ0) is 19.2. The Balaban J connectivity index is 1.63. The van der Waals surface area contributed by atoms with Gasteiger partial charge in [0.1, 0.15) is 5.76 Å². The van der Waals surface area contributed by atoms with Crippen LogP contribution in [0.4, 0.5) is 0 Å². The van der Waals surface area contributed by atoms with Gasteiger partial charge in [0.15, 0.2) is 11.5 Å². The quantitative estimate of drug-likeness (QED) is 0.585. The molecule has 0 aliphatic rings. The van der Waals surface area contributed by atoms with Crippen molar-refractivity contribution in [2.75, 3.05) is 17.8 Å². The van der Waals surface area contributed by atoms with Gasteiger partial charge in [0.2, 0.25) is 5.91 Å². The number of amides is 1. The van der Waals surface area contributed by atoms with Gasteiger partial charge in [-0.15, -0.1) is 22.0 Å². The number of thioether (sulfide) groups is 2. The highest BCUT2D eigenvalue weighted by Gasteiger charge is 2.20. The highest BCUT2D eigenvalue weighted by atomic mass is 32.2. The van der Waals surface area contributed by atoms with Crippen LogP contribution in [0.15, 0.2) is 28.9 Å². The van der Waals surface area contributed by atoms with Crippen molar-refractivity contribution >= 4 is 35.1 Å². The molecule has 1 atom stereocenters. The molecular formula is C18H23N5O2S2. The first kappa shape index (κ1) is 19.8. The van der Waals surface area contributed by atoms with Gasteiger partial charge in [-0.1, -0.05) is 11.2 Å². The third-order valence-corrected chi connectivity index (χ3v) is 5.86. The summed E-state index contributed by atoms with van der Waals surface area (Å²) in [6.07, 6.45) is 4.78. The molecule has 7 nitrogen and oxygen atoms in total. The van der Waals surface area contributed by atoms with Crippen molar-refractivity contribution in [3.05, 3.63) is 47.2 Å². The lowest BCUT2D eigenvalue weighted by atomic mass is 10.2. The molecule has 27 heavy (non-hydrogen) atoms. The molecule has 3 aromatic rings. The fraction of sp³-hybridized carbons (Fsp3) is 0.444. The van der Waals surface area contributed by atoms with Crippen LogP contribution in [0.3, 0.4) is 0 Å². The topological polar surface area (TPSA) is 85.3 Å². The van der Waals surface area contributed by atoms with Crippen molar-refractivity contribution < 1.29 is 9.32 Å². The minimum atomic E-state index is -0.165. The molecule has 0 aliphatic heterocycles. The summed E-state index contributed by atoms with van der Waals surface area (Å²) >= 11 is 3.30. The van der Waals surface area contributed by atoms with E-state index in [1.165, 1.54) is 0 Å². The molecular weight excluding hydrogens is 382 g/mol. The monoisotopic (exact) mass is 405 g/mol. The summed E-state index contributed by atoms with van der Waals surface area (Å²) in [6.45, 7) is 3.81. The third-order valence-electron chi connectivity index (χ3n) is 4.26. The van der Waals surface area contributed by atoms with E-state index in [4.69, 9.17) is 4.52 Å². The van der Waals surface area contributed by atoms with E-state index in [2.05, 4.69) is 26.9 Å². The fourth-order valence-corrected chi connectivity index (χ4v) is 4.25. The van der Waals surface area contributed by atoms with Crippen molar-refractivity contribution in [2.45, 2.75) is 32.1 Å². The summed E-state index contributed by atoms with van der Waals surface area (Å²) < 4.78 is 7.10. The van der Waals surface area contributed by atoms with Gasteiger partial charge in [-0.05, 0) is 44.4 Å². The minimum absolute atomic E-state index is 0.00876. The maximum atomic E-state index is 12.5. The van der Waals surface area contributed by atoms with Crippen LogP contribution in [0.1, 0.15) is 35.3 Å². The Hall–Kier alpha value is -2.00. The van der Waals surface area contributed by atoms with Crippen LogP contribution in [-0.4, -0.2) is 43.4 Å². The van der Waals surface area contributed by atoms with E-state index in [0.717, 1.165) is 40.7 Å². The molecule has 3 aromatic heterocycles. The van der Waals surface area contributed by atoms with Gasteiger partial charge in [-0.25, -0.2) is 0 Å². The van der Waals surface area contributed by atoms with Crippen molar-refractivity contribution in [3.8, 4) is 0 Å². The van der Waals surface area contributed by atoms with Gasteiger partial charge in [0.05, 0.1) is 17.5 Å². The average Bonchev–Trinajstić information content (AvgIpc) is 3.23. The number of aromatic nitrogens is 4. The van der Waals surface area contributed by atoms with E-state index in [-0.39, 0.29) is 11.9 Å². The number of pyridine rings is 1. The average molecular weight is 406 g/mol. The number of hydrogen-bond acceptors (Lipinski definition) is 7. The second-order valence-electron chi connectivity index (χ2n) is 6.18. The van der Waals surface area contributed by atoms with Gasteiger partial charge in [0, 0.05) is 17.5 Å². The lowest BCUT2D eigenvalue weighted by Gasteiger charge is -2.17.